The zero-order chi connectivity index (χ0) is 7.86. The van der Waals surface area contributed by atoms with Gasteiger partial charge in [0.1, 0.15) is 5.88 Å². The van der Waals surface area contributed by atoms with Crippen LogP contribution in [-0.4, -0.2) is 36.7 Å². The third-order valence-electron chi connectivity index (χ3n) is 0.114. The summed E-state index contributed by atoms with van der Waals surface area (Å²) in [5.74, 6) is -1.29. The quantitative estimate of drug-likeness (QED) is 0.574. The summed E-state index contributed by atoms with van der Waals surface area (Å²) in [7, 11) is 0. The topological polar surface area (TPSA) is 37.3 Å². The van der Waals surface area contributed by atoms with Crippen molar-refractivity contribution in [2.75, 3.05) is 5.88 Å². The summed E-state index contributed by atoms with van der Waals surface area (Å²) >= 11 is 4.19. The van der Waals surface area contributed by atoms with Crippen LogP contribution in [0.5, 0.6) is 0 Å². The number of alkyl halides is 1. The van der Waals surface area contributed by atoms with E-state index in [0.29, 0.717) is 0 Å². The predicted molar refractivity (Wildman–Crippen MR) is 41.7 cm³/mol. The molecule has 0 aromatic rings. The van der Waals surface area contributed by atoms with Crippen LogP contribution >= 0.6 is 11.6 Å². The summed E-state index contributed by atoms with van der Waals surface area (Å²) in [4.78, 5) is 16.3. The van der Waals surface area contributed by atoms with Crippen LogP contribution in [0.1, 0.15) is 0 Å². The Morgan fingerprint density at radius 3 is 1.67 bits per heavy atom. The third-order valence-corrected chi connectivity index (χ3v) is 0.343. The van der Waals surface area contributed by atoms with E-state index in [0.717, 1.165) is 0 Å². The van der Waals surface area contributed by atoms with Gasteiger partial charge in [-0.3, -0.25) is 4.79 Å². The number of hydrogen-bond donors (Lipinski definition) is 1. The molecule has 9 heavy (non-hydrogen) atoms. The van der Waals surface area contributed by atoms with Gasteiger partial charge in [-0.25, -0.2) is 0 Å². The molecule has 0 atom stereocenters. The second-order valence-corrected chi connectivity index (χ2v) is 10.9. The molecule has 0 fully saturated rings. The van der Waals surface area contributed by atoms with E-state index in [1.165, 1.54) is 0 Å². The molecule has 2 nitrogen and oxygen atoms in total. The van der Waals surface area contributed by atoms with Gasteiger partial charge in [-0.05, 0) is 0 Å². The van der Waals surface area contributed by atoms with Gasteiger partial charge in [0.15, 0.2) is 0 Å². The number of carboxylic acid groups (broad SMARTS) is 1. The third kappa shape index (κ3) is 56.2. The maximum atomic E-state index is 9.24. The Morgan fingerprint density at radius 2 is 1.67 bits per heavy atom. The minimum atomic E-state index is -0.980. The van der Waals surface area contributed by atoms with Crippen molar-refractivity contribution in [3.63, 3.8) is 0 Å². The zero-order valence-electron chi connectivity index (χ0n) is 5.94. The second-order valence-electron chi connectivity index (χ2n) is 2.03. The molecule has 1 radical (unpaired) electrons. The standard InChI is InChI=1S/C2H3ClO2.3CH3.Sn/c3-1-2(4)5;;;;/h1H2,(H,4,5);3*1H3;. The molecule has 0 unspecified atom stereocenters. The zero-order valence-corrected chi connectivity index (χ0v) is 9.55. The Kier molecular flexibility index (Phi) is 11.7. The Bertz CT molecular complexity index is 72.6. The molecule has 0 heterocycles. The van der Waals surface area contributed by atoms with Gasteiger partial charge in [0.2, 0.25) is 0 Å². The van der Waals surface area contributed by atoms with Crippen LogP contribution < -0.4 is 0 Å². The van der Waals surface area contributed by atoms with E-state index in [-0.39, 0.29) is 5.88 Å². The molecule has 0 aliphatic rings. The van der Waals surface area contributed by atoms with E-state index in [2.05, 4.69) is 14.8 Å². The van der Waals surface area contributed by atoms with Gasteiger partial charge in [0, 0.05) is 0 Å². The van der Waals surface area contributed by atoms with Gasteiger partial charge in [-0.15, -0.1) is 11.6 Å². The van der Waals surface area contributed by atoms with Crippen molar-refractivity contribution in [2.45, 2.75) is 14.8 Å². The molecule has 0 aromatic heterocycles. The number of carbonyl (C=O) groups is 1. The molecule has 1 N–H and O–H groups in total. The van der Waals surface area contributed by atoms with Crippen LogP contribution in [-0.2, 0) is 4.79 Å². The van der Waals surface area contributed by atoms with Crippen molar-refractivity contribution in [1.29, 1.82) is 0 Å². The number of carboxylic acids is 1. The van der Waals surface area contributed by atoms with E-state index >= 15 is 0 Å². The van der Waals surface area contributed by atoms with Crippen molar-refractivity contribution in [3.8, 4) is 0 Å². The molecule has 0 aliphatic carbocycles. The average molecular weight is 258 g/mol. The number of halogens is 1. The molecule has 0 rings (SSSR count). The van der Waals surface area contributed by atoms with Crippen LogP contribution in [0, 0.1) is 0 Å². The van der Waals surface area contributed by atoms with Crippen LogP contribution in [0.25, 0.3) is 0 Å². The van der Waals surface area contributed by atoms with Crippen LogP contribution in [0.3, 0.4) is 0 Å². The fraction of sp³-hybridized carbons (Fsp3) is 0.800. The SMILES string of the molecule is O=C(O)CCl.[CH3][Sn]([CH3])[CH3]. The summed E-state index contributed by atoms with van der Waals surface area (Å²) < 4.78 is 0. The van der Waals surface area contributed by atoms with Crippen molar-refractivity contribution < 1.29 is 9.90 Å². The first-order valence-electron chi connectivity index (χ1n) is 2.55. The molecule has 0 amide bonds. The van der Waals surface area contributed by atoms with E-state index < -0.39 is 25.7 Å². The monoisotopic (exact) mass is 259 g/mol. The van der Waals surface area contributed by atoms with Crippen LogP contribution in [0.4, 0.5) is 0 Å². The van der Waals surface area contributed by atoms with Crippen molar-refractivity contribution in [3.05, 3.63) is 0 Å². The minimum absolute atomic E-state index is 0.306. The number of aliphatic carboxylic acids is 1. The van der Waals surface area contributed by atoms with Gasteiger partial charge >= 0.3 is 40.5 Å². The first-order valence-corrected chi connectivity index (χ1v) is 11.6. The molecule has 0 bridgehead atoms. The van der Waals surface area contributed by atoms with Crippen molar-refractivity contribution >= 4 is 37.3 Å². The van der Waals surface area contributed by atoms with Crippen LogP contribution in [0.2, 0.25) is 14.8 Å². The Hall–Kier alpha value is 0.559. The van der Waals surface area contributed by atoms with Crippen molar-refractivity contribution in [2.24, 2.45) is 0 Å². The van der Waals surface area contributed by atoms with E-state index in [1.807, 2.05) is 0 Å². The molecule has 0 spiro atoms. The van der Waals surface area contributed by atoms with Gasteiger partial charge in [-0.2, -0.15) is 0 Å². The molecule has 0 aliphatic heterocycles. The second kappa shape index (κ2) is 8.56. The predicted octanol–water partition coefficient (Wildman–Crippen LogP) is 1.68. The van der Waals surface area contributed by atoms with E-state index in [1.54, 1.807) is 0 Å². The summed E-state index contributed by atoms with van der Waals surface area (Å²) in [5, 5.41) is 7.59. The van der Waals surface area contributed by atoms with Crippen molar-refractivity contribution in [1.82, 2.24) is 0 Å². The Morgan fingerprint density at radius 1 is 1.56 bits per heavy atom. The summed E-state index contributed by atoms with van der Waals surface area (Å²) in [5.41, 5.74) is 0. The molecule has 4 heteroatoms. The maximum absolute atomic E-state index is 9.24. The average Bonchev–Trinajstić information content (AvgIpc) is 1.65. The molecule has 0 saturated carbocycles. The van der Waals surface area contributed by atoms with Gasteiger partial charge < -0.3 is 5.11 Å². The Labute approximate surface area is 67.9 Å². The van der Waals surface area contributed by atoms with Crippen LogP contribution in [0.15, 0.2) is 0 Å². The first kappa shape index (κ1) is 12.3. The fourth-order valence-electron chi connectivity index (χ4n) is 0. The van der Waals surface area contributed by atoms with Gasteiger partial charge in [0.05, 0.1) is 0 Å². The summed E-state index contributed by atoms with van der Waals surface area (Å²) in [6, 6.07) is 0. The molecule has 55 valence electrons. The molecule has 0 saturated heterocycles. The molecule has 0 aromatic carbocycles. The van der Waals surface area contributed by atoms with Gasteiger partial charge in [-0.1, -0.05) is 0 Å². The van der Waals surface area contributed by atoms with E-state index in [4.69, 9.17) is 16.7 Å². The van der Waals surface area contributed by atoms with Gasteiger partial charge in [0.25, 0.3) is 0 Å². The van der Waals surface area contributed by atoms with E-state index in [9.17, 15) is 4.79 Å². The number of rotatable bonds is 1. The molecular formula is C5H12ClO2Sn. The summed E-state index contributed by atoms with van der Waals surface area (Å²) in [6.45, 7) is 0. The first-order chi connectivity index (χ1) is 4.00. The fourth-order valence-corrected chi connectivity index (χ4v) is 0. The number of hydrogen-bond acceptors (Lipinski definition) is 1. The Balaban J connectivity index is 0. The molecular weight excluding hydrogens is 246 g/mol. The normalized spacial score (nSPS) is 8.11. The summed E-state index contributed by atoms with van der Waals surface area (Å²) in [6.07, 6.45) is 0.